The summed E-state index contributed by atoms with van der Waals surface area (Å²) in [4.78, 5) is 29.8. The molecule has 25 heavy (non-hydrogen) atoms. The summed E-state index contributed by atoms with van der Waals surface area (Å²) in [5.74, 6) is 1.34. The average Bonchev–Trinajstić information content (AvgIpc) is 3.19. The molecule has 4 heterocycles. The lowest BCUT2D eigenvalue weighted by Crippen LogP contribution is -2.57. The summed E-state index contributed by atoms with van der Waals surface area (Å²) in [6.45, 7) is 2.74. The van der Waals surface area contributed by atoms with Crippen LogP contribution in [0.3, 0.4) is 0 Å². The van der Waals surface area contributed by atoms with E-state index >= 15 is 0 Å². The van der Waals surface area contributed by atoms with E-state index in [1.165, 1.54) is 0 Å². The first-order chi connectivity index (χ1) is 12.2. The SMILES string of the molecule is CCC1C(=O)N(C)c2cnc(-n3ccnc3)nc2N1C1CCCCO1. The van der Waals surface area contributed by atoms with Gasteiger partial charge < -0.3 is 14.5 Å². The summed E-state index contributed by atoms with van der Waals surface area (Å²) in [5.41, 5.74) is 0.715. The zero-order valence-electron chi connectivity index (χ0n) is 14.5. The summed E-state index contributed by atoms with van der Waals surface area (Å²) in [6.07, 6.45) is 10.5. The molecule has 132 valence electrons. The fourth-order valence-electron chi connectivity index (χ4n) is 3.55. The van der Waals surface area contributed by atoms with Gasteiger partial charge in [0.1, 0.15) is 24.3 Å². The molecule has 0 spiro atoms. The Morgan fingerprint density at radius 1 is 1.36 bits per heavy atom. The molecule has 0 aliphatic carbocycles. The molecule has 0 radical (unpaired) electrons. The molecule has 2 aromatic heterocycles. The summed E-state index contributed by atoms with van der Waals surface area (Å²) in [5, 5.41) is 0. The molecule has 0 saturated carbocycles. The van der Waals surface area contributed by atoms with Crippen molar-refractivity contribution >= 4 is 17.4 Å². The van der Waals surface area contributed by atoms with E-state index in [2.05, 4.69) is 14.9 Å². The van der Waals surface area contributed by atoms with Gasteiger partial charge in [0, 0.05) is 26.0 Å². The van der Waals surface area contributed by atoms with Gasteiger partial charge in [-0.15, -0.1) is 0 Å². The summed E-state index contributed by atoms with van der Waals surface area (Å²) in [7, 11) is 1.78. The van der Waals surface area contributed by atoms with Gasteiger partial charge in [0.05, 0.1) is 6.20 Å². The Morgan fingerprint density at radius 2 is 2.24 bits per heavy atom. The number of hydrogen-bond donors (Lipinski definition) is 0. The number of anilines is 2. The minimum Gasteiger partial charge on any atom is -0.358 e. The maximum atomic E-state index is 12.8. The highest BCUT2D eigenvalue weighted by molar-refractivity contribution is 6.04. The average molecular weight is 342 g/mol. The lowest BCUT2D eigenvalue weighted by Gasteiger charge is -2.45. The highest BCUT2D eigenvalue weighted by atomic mass is 16.5. The fraction of sp³-hybridized carbons (Fsp3) is 0.529. The molecule has 0 N–H and O–H groups in total. The maximum Gasteiger partial charge on any atom is 0.249 e. The quantitative estimate of drug-likeness (QED) is 0.846. The molecule has 1 saturated heterocycles. The minimum atomic E-state index is -0.272. The molecule has 2 atom stereocenters. The smallest absolute Gasteiger partial charge is 0.249 e. The molecule has 2 aromatic rings. The Bertz CT molecular complexity index is 757. The molecule has 2 aliphatic rings. The van der Waals surface area contributed by atoms with Gasteiger partial charge in [-0.1, -0.05) is 6.92 Å². The van der Waals surface area contributed by atoms with Crippen LogP contribution >= 0.6 is 0 Å². The third kappa shape index (κ3) is 2.66. The second-order valence-corrected chi connectivity index (χ2v) is 6.40. The molecule has 2 unspecified atom stereocenters. The number of fused-ring (bicyclic) bond motifs is 1. The van der Waals surface area contributed by atoms with E-state index in [1.54, 1.807) is 41.4 Å². The van der Waals surface area contributed by atoms with Crippen molar-refractivity contribution in [1.29, 1.82) is 0 Å². The molecule has 4 rings (SSSR count). The first-order valence-corrected chi connectivity index (χ1v) is 8.73. The zero-order valence-corrected chi connectivity index (χ0v) is 14.5. The zero-order chi connectivity index (χ0) is 17.4. The van der Waals surface area contributed by atoms with E-state index in [1.807, 2.05) is 6.92 Å². The van der Waals surface area contributed by atoms with Gasteiger partial charge in [-0.05, 0) is 25.7 Å². The molecule has 1 fully saturated rings. The number of imidazole rings is 1. The van der Waals surface area contributed by atoms with E-state index in [0.29, 0.717) is 18.1 Å². The van der Waals surface area contributed by atoms with Gasteiger partial charge >= 0.3 is 0 Å². The number of nitrogens with zero attached hydrogens (tertiary/aromatic N) is 6. The Kier molecular flexibility index (Phi) is 4.12. The lowest BCUT2D eigenvalue weighted by atomic mass is 10.0. The van der Waals surface area contributed by atoms with Gasteiger partial charge in [0.25, 0.3) is 0 Å². The Hall–Kier alpha value is -2.48. The van der Waals surface area contributed by atoms with E-state index in [-0.39, 0.29) is 18.2 Å². The molecular weight excluding hydrogens is 320 g/mol. The van der Waals surface area contributed by atoms with E-state index in [4.69, 9.17) is 9.72 Å². The van der Waals surface area contributed by atoms with Crippen LogP contribution in [0.5, 0.6) is 0 Å². The number of carbonyl (C=O) groups is 1. The highest BCUT2D eigenvalue weighted by Crippen LogP contribution is 2.37. The number of carbonyl (C=O) groups excluding carboxylic acids is 1. The molecule has 8 nitrogen and oxygen atoms in total. The van der Waals surface area contributed by atoms with E-state index < -0.39 is 0 Å². The Labute approximate surface area is 146 Å². The molecule has 1 amide bonds. The van der Waals surface area contributed by atoms with Crippen LogP contribution in [0.2, 0.25) is 0 Å². The predicted octanol–water partition coefficient (Wildman–Crippen LogP) is 1.75. The van der Waals surface area contributed by atoms with Crippen LogP contribution in [-0.4, -0.2) is 51.4 Å². The van der Waals surface area contributed by atoms with Crippen molar-refractivity contribution in [2.24, 2.45) is 0 Å². The van der Waals surface area contributed by atoms with Crippen LogP contribution in [0.15, 0.2) is 24.9 Å². The first-order valence-electron chi connectivity index (χ1n) is 8.73. The van der Waals surface area contributed by atoms with Crippen LogP contribution < -0.4 is 9.80 Å². The summed E-state index contributed by atoms with van der Waals surface area (Å²) in [6, 6.07) is -0.272. The van der Waals surface area contributed by atoms with Crippen molar-refractivity contribution < 1.29 is 9.53 Å². The predicted molar refractivity (Wildman–Crippen MR) is 92.7 cm³/mol. The number of likely N-dealkylation sites (N-methyl/N-ethyl adjacent to an activating group) is 1. The van der Waals surface area contributed by atoms with Crippen molar-refractivity contribution in [3.63, 3.8) is 0 Å². The van der Waals surface area contributed by atoms with Crippen molar-refractivity contribution in [3.8, 4) is 5.95 Å². The van der Waals surface area contributed by atoms with E-state index in [9.17, 15) is 4.79 Å². The number of ether oxygens (including phenoxy) is 1. The van der Waals surface area contributed by atoms with Crippen LogP contribution in [0, 0.1) is 0 Å². The molecule has 8 heteroatoms. The second-order valence-electron chi connectivity index (χ2n) is 6.40. The number of aromatic nitrogens is 4. The first kappa shape index (κ1) is 16.0. The third-order valence-electron chi connectivity index (χ3n) is 4.88. The van der Waals surface area contributed by atoms with Gasteiger partial charge in [0.2, 0.25) is 11.9 Å². The van der Waals surface area contributed by atoms with Gasteiger partial charge in [-0.2, -0.15) is 4.98 Å². The van der Waals surface area contributed by atoms with Crippen molar-refractivity contribution in [2.75, 3.05) is 23.5 Å². The van der Waals surface area contributed by atoms with Crippen LogP contribution in [0.4, 0.5) is 11.5 Å². The maximum absolute atomic E-state index is 12.8. The second kappa shape index (κ2) is 6.44. The Balaban J connectivity index is 1.82. The number of rotatable bonds is 3. The van der Waals surface area contributed by atoms with Gasteiger partial charge in [-0.3, -0.25) is 9.36 Å². The lowest BCUT2D eigenvalue weighted by molar-refractivity contribution is -0.121. The Morgan fingerprint density at radius 3 is 2.92 bits per heavy atom. The van der Waals surface area contributed by atoms with Crippen LogP contribution in [0.25, 0.3) is 5.95 Å². The van der Waals surface area contributed by atoms with Crippen LogP contribution in [0.1, 0.15) is 32.6 Å². The van der Waals surface area contributed by atoms with Gasteiger partial charge in [0.15, 0.2) is 5.82 Å². The van der Waals surface area contributed by atoms with Crippen molar-refractivity contribution in [1.82, 2.24) is 19.5 Å². The van der Waals surface area contributed by atoms with E-state index in [0.717, 1.165) is 31.7 Å². The number of amides is 1. The number of hydrogen-bond acceptors (Lipinski definition) is 6. The standard InChI is InChI=1S/C17H22N6O2/c1-3-12-16(24)21(2)13-10-19-17(22-8-7-18-11-22)20-15(13)23(12)14-6-4-5-9-25-14/h7-8,10-12,14H,3-6,9H2,1-2H3. The largest absolute Gasteiger partial charge is 0.358 e. The molecular formula is C17H22N6O2. The van der Waals surface area contributed by atoms with Crippen LogP contribution in [-0.2, 0) is 9.53 Å². The monoisotopic (exact) mass is 342 g/mol. The molecule has 2 aliphatic heterocycles. The van der Waals surface area contributed by atoms with Crippen molar-refractivity contribution in [3.05, 3.63) is 24.9 Å². The topological polar surface area (TPSA) is 76.4 Å². The summed E-state index contributed by atoms with van der Waals surface area (Å²) >= 11 is 0. The summed E-state index contributed by atoms with van der Waals surface area (Å²) < 4.78 is 7.76. The fourth-order valence-corrected chi connectivity index (χ4v) is 3.55. The highest BCUT2D eigenvalue weighted by Gasteiger charge is 2.41. The third-order valence-corrected chi connectivity index (χ3v) is 4.88. The normalized spacial score (nSPS) is 23.7. The van der Waals surface area contributed by atoms with Crippen molar-refractivity contribution in [2.45, 2.75) is 44.9 Å². The van der Waals surface area contributed by atoms with Gasteiger partial charge in [-0.25, -0.2) is 9.97 Å². The molecule has 0 aromatic carbocycles. The molecule has 0 bridgehead atoms. The minimum absolute atomic E-state index is 0.0585.